The summed E-state index contributed by atoms with van der Waals surface area (Å²) in [6, 6.07) is 0. The molecule has 0 bridgehead atoms. The van der Waals surface area contributed by atoms with Crippen LogP contribution in [-0.4, -0.2) is 17.5 Å². The Hall–Kier alpha value is -0.440. The molecule has 0 aromatic heterocycles. The van der Waals surface area contributed by atoms with Crippen LogP contribution in [0.1, 0.15) is 6.92 Å². The van der Waals surface area contributed by atoms with Crippen LogP contribution in [0.25, 0.3) is 0 Å². The van der Waals surface area contributed by atoms with Crippen LogP contribution in [0.5, 0.6) is 0 Å². The van der Waals surface area contributed by atoms with Crippen LogP contribution in [-0.2, 0) is 4.79 Å². The maximum atomic E-state index is 10.5. The summed E-state index contributed by atoms with van der Waals surface area (Å²) in [6.45, 7) is 5.25. The Morgan fingerprint density at radius 3 is 2.78 bits per heavy atom. The minimum Gasteiger partial charge on any atom is -0.341 e. The van der Waals surface area contributed by atoms with Gasteiger partial charge in [0.15, 0.2) is 0 Å². The fourth-order valence-electron chi connectivity index (χ4n) is 0.318. The van der Waals surface area contributed by atoms with Crippen LogP contribution in [0.15, 0.2) is 12.7 Å². The third kappa shape index (κ3) is 4.09. The Morgan fingerprint density at radius 1 is 1.89 bits per heavy atom. The standard InChI is InChI=1S/C6H11NOS/c1-4-6(8)7-5(2)9-3/h4-5H,1H2,2-3H3,(H,7,8)/t5-/m0/s1. The molecule has 0 aliphatic carbocycles. The minimum atomic E-state index is -0.114. The lowest BCUT2D eigenvalue weighted by Crippen LogP contribution is -2.27. The van der Waals surface area contributed by atoms with Crippen molar-refractivity contribution in [1.82, 2.24) is 5.32 Å². The van der Waals surface area contributed by atoms with Gasteiger partial charge in [0.25, 0.3) is 0 Å². The van der Waals surface area contributed by atoms with Crippen LogP contribution >= 0.6 is 11.8 Å². The molecule has 0 aliphatic rings. The van der Waals surface area contributed by atoms with Gasteiger partial charge in [-0.3, -0.25) is 4.79 Å². The number of hydrogen-bond acceptors (Lipinski definition) is 2. The average molecular weight is 145 g/mol. The molecule has 0 aromatic rings. The molecule has 1 amide bonds. The number of carbonyl (C=O) groups excluding carboxylic acids is 1. The van der Waals surface area contributed by atoms with Gasteiger partial charge in [0, 0.05) is 0 Å². The summed E-state index contributed by atoms with van der Waals surface area (Å²) in [4.78, 5) is 10.5. The second kappa shape index (κ2) is 4.44. The molecular formula is C6H11NOS. The summed E-state index contributed by atoms with van der Waals surface area (Å²) in [5.41, 5.74) is 0. The van der Waals surface area contributed by atoms with Crippen molar-refractivity contribution in [3.8, 4) is 0 Å². The van der Waals surface area contributed by atoms with Gasteiger partial charge in [-0.2, -0.15) is 0 Å². The lowest BCUT2D eigenvalue weighted by Gasteiger charge is -2.07. The maximum absolute atomic E-state index is 10.5. The highest BCUT2D eigenvalue weighted by atomic mass is 32.2. The van der Waals surface area contributed by atoms with E-state index in [1.165, 1.54) is 6.08 Å². The fraction of sp³-hybridized carbons (Fsp3) is 0.500. The first-order valence-electron chi connectivity index (χ1n) is 2.66. The Bertz CT molecular complexity index is 114. The van der Waals surface area contributed by atoms with Gasteiger partial charge in [0.05, 0.1) is 5.37 Å². The predicted molar refractivity (Wildman–Crippen MR) is 41.3 cm³/mol. The number of rotatable bonds is 3. The highest BCUT2D eigenvalue weighted by Crippen LogP contribution is 1.99. The third-order valence-corrected chi connectivity index (χ3v) is 1.71. The normalized spacial score (nSPS) is 12.2. The van der Waals surface area contributed by atoms with Crippen LogP contribution in [0.4, 0.5) is 0 Å². The lowest BCUT2D eigenvalue weighted by molar-refractivity contribution is -0.116. The second-order valence-electron chi connectivity index (χ2n) is 1.59. The Kier molecular flexibility index (Phi) is 4.22. The molecule has 1 atom stereocenters. The molecule has 0 radical (unpaired) electrons. The number of amides is 1. The molecular weight excluding hydrogens is 134 g/mol. The van der Waals surface area contributed by atoms with Crippen molar-refractivity contribution in [2.24, 2.45) is 0 Å². The highest BCUT2D eigenvalue weighted by Gasteiger charge is 1.98. The summed E-state index contributed by atoms with van der Waals surface area (Å²) < 4.78 is 0. The zero-order chi connectivity index (χ0) is 7.28. The van der Waals surface area contributed by atoms with Crippen LogP contribution in [0.3, 0.4) is 0 Å². The predicted octanol–water partition coefficient (Wildman–Crippen LogP) is 0.998. The largest absolute Gasteiger partial charge is 0.341 e. The highest BCUT2D eigenvalue weighted by molar-refractivity contribution is 7.99. The van der Waals surface area contributed by atoms with Gasteiger partial charge >= 0.3 is 0 Å². The molecule has 0 fully saturated rings. The van der Waals surface area contributed by atoms with E-state index in [0.29, 0.717) is 0 Å². The zero-order valence-electron chi connectivity index (χ0n) is 5.68. The van der Waals surface area contributed by atoms with Gasteiger partial charge in [-0.05, 0) is 19.3 Å². The summed E-state index contributed by atoms with van der Waals surface area (Å²) in [5.74, 6) is -0.114. The van der Waals surface area contributed by atoms with E-state index in [9.17, 15) is 4.79 Å². The van der Waals surface area contributed by atoms with E-state index in [2.05, 4.69) is 11.9 Å². The average Bonchev–Trinajstić information content (AvgIpc) is 1.87. The molecule has 0 aromatic carbocycles. The molecule has 3 heteroatoms. The first-order chi connectivity index (χ1) is 4.20. The van der Waals surface area contributed by atoms with E-state index in [4.69, 9.17) is 0 Å². The van der Waals surface area contributed by atoms with Crippen molar-refractivity contribution >= 4 is 17.7 Å². The van der Waals surface area contributed by atoms with Gasteiger partial charge in [-0.15, -0.1) is 11.8 Å². The molecule has 0 heterocycles. The smallest absolute Gasteiger partial charge is 0.244 e. The van der Waals surface area contributed by atoms with Gasteiger partial charge in [0.1, 0.15) is 0 Å². The lowest BCUT2D eigenvalue weighted by atomic mass is 10.5. The fourth-order valence-corrected chi connectivity index (χ4v) is 0.552. The molecule has 0 rings (SSSR count). The van der Waals surface area contributed by atoms with Crippen molar-refractivity contribution < 1.29 is 4.79 Å². The number of carbonyl (C=O) groups is 1. The van der Waals surface area contributed by atoms with Crippen LogP contribution in [0.2, 0.25) is 0 Å². The van der Waals surface area contributed by atoms with Crippen LogP contribution < -0.4 is 5.32 Å². The molecule has 52 valence electrons. The third-order valence-electron chi connectivity index (χ3n) is 0.884. The molecule has 0 saturated carbocycles. The number of hydrogen-bond donors (Lipinski definition) is 1. The van der Waals surface area contributed by atoms with Crippen molar-refractivity contribution in [2.75, 3.05) is 6.26 Å². The Balaban J connectivity index is 3.46. The molecule has 0 unspecified atom stereocenters. The molecule has 2 nitrogen and oxygen atoms in total. The second-order valence-corrected chi connectivity index (χ2v) is 2.77. The Morgan fingerprint density at radius 2 is 2.44 bits per heavy atom. The number of nitrogens with one attached hydrogen (secondary N) is 1. The van der Waals surface area contributed by atoms with E-state index < -0.39 is 0 Å². The quantitative estimate of drug-likeness (QED) is 0.474. The van der Waals surface area contributed by atoms with Gasteiger partial charge in [0.2, 0.25) is 5.91 Å². The summed E-state index contributed by atoms with van der Waals surface area (Å²) in [7, 11) is 0. The number of thioether (sulfide) groups is 1. The van der Waals surface area contributed by atoms with E-state index in [1.54, 1.807) is 11.8 Å². The summed E-state index contributed by atoms with van der Waals surface area (Å²) >= 11 is 1.59. The van der Waals surface area contributed by atoms with Crippen molar-refractivity contribution in [1.29, 1.82) is 0 Å². The van der Waals surface area contributed by atoms with Gasteiger partial charge < -0.3 is 5.32 Å². The summed E-state index contributed by atoms with van der Waals surface area (Å²) in [5, 5.41) is 2.86. The van der Waals surface area contributed by atoms with Crippen molar-refractivity contribution in [2.45, 2.75) is 12.3 Å². The van der Waals surface area contributed by atoms with Gasteiger partial charge in [-0.1, -0.05) is 6.58 Å². The molecule has 9 heavy (non-hydrogen) atoms. The van der Waals surface area contributed by atoms with E-state index >= 15 is 0 Å². The first-order valence-corrected chi connectivity index (χ1v) is 3.95. The minimum absolute atomic E-state index is 0.114. The molecule has 0 aliphatic heterocycles. The molecule has 0 spiro atoms. The zero-order valence-corrected chi connectivity index (χ0v) is 6.49. The van der Waals surface area contributed by atoms with E-state index in [0.717, 1.165) is 0 Å². The van der Waals surface area contributed by atoms with Gasteiger partial charge in [-0.25, -0.2) is 0 Å². The van der Waals surface area contributed by atoms with E-state index in [-0.39, 0.29) is 11.3 Å². The van der Waals surface area contributed by atoms with E-state index in [1.807, 2.05) is 13.2 Å². The van der Waals surface area contributed by atoms with Crippen molar-refractivity contribution in [3.63, 3.8) is 0 Å². The maximum Gasteiger partial charge on any atom is 0.244 e. The molecule has 1 N–H and O–H groups in total. The topological polar surface area (TPSA) is 29.1 Å². The SMILES string of the molecule is C=CC(=O)N[C@H](C)SC. The van der Waals surface area contributed by atoms with Crippen molar-refractivity contribution in [3.05, 3.63) is 12.7 Å². The Labute approximate surface area is 59.7 Å². The summed E-state index contributed by atoms with van der Waals surface area (Å²) in [6.07, 6.45) is 3.21. The van der Waals surface area contributed by atoms with Crippen LogP contribution in [0, 0.1) is 0 Å². The molecule has 0 saturated heterocycles. The first kappa shape index (κ1) is 8.56. The monoisotopic (exact) mass is 145 g/mol.